The van der Waals surface area contributed by atoms with Crippen LogP contribution in [0.1, 0.15) is 32.0 Å². The molecule has 0 amide bonds. The fourth-order valence-corrected chi connectivity index (χ4v) is 1.15. The molecule has 0 radical (unpaired) electrons. The predicted octanol–water partition coefficient (Wildman–Crippen LogP) is 2.30. The number of nitrogens with zero attached hydrogens (tertiary/aromatic N) is 3. The van der Waals surface area contributed by atoms with Gasteiger partial charge < -0.3 is 0 Å². The molecule has 0 aliphatic rings. The Morgan fingerprint density at radius 2 is 2.08 bits per heavy atom. The summed E-state index contributed by atoms with van der Waals surface area (Å²) in [6.07, 6.45) is 1.45. The van der Waals surface area contributed by atoms with Crippen LogP contribution < -0.4 is 0 Å². The van der Waals surface area contributed by atoms with Gasteiger partial charge in [0.15, 0.2) is 0 Å². The first-order chi connectivity index (χ1) is 5.95. The summed E-state index contributed by atoms with van der Waals surface area (Å²) in [4.78, 5) is 7.80. The minimum absolute atomic E-state index is 0.183. The largest absolute Gasteiger partial charge is 0.225 e. The first kappa shape index (κ1) is 9.94. The minimum atomic E-state index is -0.183. The summed E-state index contributed by atoms with van der Waals surface area (Å²) in [5, 5.41) is 8.98. The molecule has 1 rings (SSSR count). The maximum absolute atomic E-state index is 8.80. The molecular formula is C9H10ClN3. The summed E-state index contributed by atoms with van der Waals surface area (Å²) in [6.45, 7) is 5.94. The lowest BCUT2D eigenvalue weighted by Gasteiger charge is -2.18. The van der Waals surface area contributed by atoms with Gasteiger partial charge >= 0.3 is 0 Å². The standard InChI is InChI=1S/C9H10ClN3/c1-9(2,3)7-6(4-11)5-12-8(10)13-7/h5H,1-3H3. The number of rotatable bonds is 0. The van der Waals surface area contributed by atoms with Crippen LogP contribution in [0.4, 0.5) is 0 Å². The van der Waals surface area contributed by atoms with E-state index in [1.54, 1.807) is 0 Å². The van der Waals surface area contributed by atoms with Crippen LogP contribution in [-0.2, 0) is 5.41 Å². The summed E-state index contributed by atoms with van der Waals surface area (Å²) in [7, 11) is 0. The van der Waals surface area contributed by atoms with Crippen LogP contribution in [0.25, 0.3) is 0 Å². The van der Waals surface area contributed by atoms with E-state index in [4.69, 9.17) is 16.9 Å². The van der Waals surface area contributed by atoms with Gasteiger partial charge in [0.1, 0.15) is 6.07 Å². The zero-order chi connectivity index (χ0) is 10.1. The third-order valence-corrected chi connectivity index (χ3v) is 1.77. The lowest BCUT2D eigenvalue weighted by Crippen LogP contribution is -2.16. The molecule has 1 aromatic rings. The first-order valence-electron chi connectivity index (χ1n) is 3.88. The molecule has 0 aliphatic heterocycles. The van der Waals surface area contributed by atoms with Gasteiger partial charge in [0.25, 0.3) is 0 Å². The van der Waals surface area contributed by atoms with E-state index in [2.05, 4.69) is 9.97 Å². The minimum Gasteiger partial charge on any atom is -0.225 e. The molecule has 0 spiro atoms. The fourth-order valence-electron chi connectivity index (χ4n) is 1.01. The fraction of sp³-hybridized carbons (Fsp3) is 0.444. The molecule has 0 saturated heterocycles. The van der Waals surface area contributed by atoms with Crippen LogP contribution in [-0.4, -0.2) is 9.97 Å². The van der Waals surface area contributed by atoms with Gasteiger partial charge in [0.05, 0.1) is 11.3 Å². The van der Waals surface area contributed by atoms with Crippen molar-refractivity contribution in [2.24, 2.45) is 0 Å². The summed E-state index contributed by atoms with van der Waals surface area (Å²) in [5.41, 5.74) is 0.990. The number of halogens is 1. The highest BCUT2D eigenvalue weighted by Gasteiger charge is 2.20. The molecule has 4 heteroatoms. The molecule has 0 aromatic carbocycles. The Morgan fingerprint density at radius 3 is 2.54 bits per heavy atom. The third-order valence-electron chi connectivity index (χ3n) is 1.59. The molecule has 3 nitrogen and oxygen atoms in total. The molecular weight excluding hydrogens is 186 g/mol. The molecule has 0 aliphatic carbocycles. The normalized spacial score (nSPS) is 11.0. The lowest BCUT2D eigenvalue weighted by molar-refractivity contribution is 0.565. The zero-order valence-corrected chi connectivity index (χ0v) is 8.55. The summed E-state index contributed by atoms with van der Waals surface area (Å²) in [5.74, 6) is 0. The van der Waals surface area contributed by atoms with Crippen LogP contribution in [0.2, 0.25) is 5.28 Å². The molecule has 0 atom stereocenters. The third kappa shape index (κ3) is 2.16. The average molecular weight is 196 g/mol. The van der Waals surface area contributed by atoms with Crippen LogP contribution in [0.3, 0.4) is 0 Å². The second kappa shape index (κ2) is 3.31. The molecule has 0 fully saturated rings. The zero-order valence-electron chi connectivity index (χ0n) is 7.80. The molecule has 0 N–H and O–H groups in total. The maximum atomic E-state index is 8.80. The Morgan fingerprint density at radius 1 is 1.46 bits per heavy atom. The van der Waals surface area contributed by atoms with E-state index in [-0.39, 0.29) is 10.7 Å². The molecule has 68 valence electrons. The van der Waals surface area contributed by atoms with Gasteiger partial charge in [-0.1, -0.05) is 20.8 Å². The van der Waals surface area contributed by atoms with Crippen molar-refractivity contribution in [3.63, 3.8) is 0 Å². The van der Waals surface area contributed by atoms with Gasteiger partial charge in [-0.05, 0) is 11.6 Å². The van der Waals surface area contributed by atoms with E-state index in [0.29, 0.717) is 11.3 Å². The predicted molar refractivity (Wildman–Crippen MR) is 50.5 cm³/mol. The molecule has 13 heavy (non-hydrogen) atoms. The van der Waals surface area contributed by atoms with Crippen molar-refractivity contribution >= 4 is 11.6 Å². The molecule has 1 aromatic heterocycles. The highest BCUT2D eigenvalue weighted by atomic mass is 35.5. The van der Waals surface area contributed by atoms with Gasteiger partial charge in [-0.15, -0.1) is 0 Å². The molecule has 0 bridgehead atoms. The number of nitriles is 1. The lowest BCUT2D eigenvalue weighted by atomic mass is 9.89. The van der Waals surface area contributed by atoms with Crippen molar-refractivity contribution in [2.45, 2.75) is 26.2 Å². The van der Waals surface area contributed by atoms with Gasteiger partial charge in [0, 0.05) is 11.6 Å². The summed E-state index contributed by atoms with van der Waals surface area (Å²) < 4.78 is 0. The number of hydrogen-bond donors (Lipinski definition) is 0. The Hall–Kier alpha value is -1.14. The monoisotopic (exact) mass is 195 g/mol. The van der Waals surface area contributed by atoms with Crippen molar-refractivity contribution < 1.29 is 0 Å². The Bertz CT molecular complexity index is 360. The molecule has 1 heterocycles. The Balaban J connectivity index is 3.35. The Kier molecular flexibility index (Phi) is 2.53. The van der Waals surface area contributed by atoms with Gasteiger partial charge in [-0.25, -0.2) is 9.97 Å². The van der Waals surface area contributed by atoms with E-state index < -0.39 is 0 Å². The first-order valence-corrected chi connectivity index (χ1v) is 4.26. The van der Waals surface area contributed by atoms with Crippen LogP contribution >= 0.6 is 11.6 Å². The van der Waals surface area contributed by atoms with Crippen LogP contribution in [0, 0.1) is 11.3 Å². The van der Waals surface area contributed by atoms with E-state index in [0.717, 1.165) is 0 Å². The second-order valence-electron chi connectivity index (χ2n) is 3.76. The van der Waals surface area contributed by atoms with E-state index in [1.807, 2.05) is 26.8 Å². The van der Waals surface area contributed by atoms with Gasteiger partial charge in [-0.3, -0.25) is 0 Å². The van der Waals surface area contributed by atoms with Gasteiger partial charge in [0.2, 0.25) is 5.28 Å². The van der Waals surface area contributed by atoms with E-state index >= 15 is 0 Å². The summed E-state index contributed by atoms with van der Waals surface area (Å²) in [6, 6.07) is 2.05. The van der Waals surface area contributed by atoms with Crippen molar-refractivity contribution in [1.82, 2.24) is 9.97 Å². The maximum Gasteiger partial charge on any atom is 0.222 e. The highest BCUT2D eigenvalue weighted by Crippen LogP contribution is 2.23. The second-order valence-corrected chi connectivity index (χ2v) is 4.10. The summed E-state index contributed by atoms with van der Waals surface area (Å²) >= 11 is 5.65. The van der Waals surface area contributed by atoms with E-state index in [1.165, 1.54) is 6.20 Å². The topological polar surface area (TPSA) is 49.6 Å². The average Bonchev–Trinajstić information content (AvgIpc) is 2.03. The number of aromatic nitrogens is 2. The van der Waals surface area contributed by atoms with E-state index in [9.17, 15) is 0 Å². The molecule has 0 saturated carbocycles. The highest BCUT2D eigenvalue weighted by molar-refractivity contribution is 6.28. The molecule has 0 unspecified atom stereocenters. The van der Waals surface area contributed by atoms with Crippen molar-refractivity contribution in [3.05, 3.63) is 22.7 Å². The van der Waals surface area contributed by atoms with Crippen molar-refractivity contribution in [2.75, 3.05) is 0 Å². The SMILES string of the molecule is CC(C)(C)c1nc(Cl)ncc1C#N. The Labute approximate surface area is 82.4 Å². The van der Waals surface area contributed by atoms with Crippen LogP contribution in [0.5, 0.6) is 0 Å². The van der Waals surface area contributed by atoms with Crippen LogP contribution in [0.15, 0.2) is 6.20 Å². The van der Waals surface area contributed by atoms with Crippen molar-refractivity contribution in [1.29, 1.82) is 5.26 Å². The number of hydrogen-bond acceptors (Lipinski definition) is 3. The quantitative estimate of drug-likeness (QED) is 0.597. The van der Waals surface area contributed by atoms with Crippen molar-refractivity contribution in [3.8, 4) is 6.07 Å². The smallest absolute Gasteiger partial charge is 0.222 e. The van der Waals surface area contributed by atoms with Gasteiger partial charge in [-0.2, -0.15) is 5.26 Å².